The third kappa shape index (κ3) is 5.66. The predicted molar refractivity (Wildman–Crippen MR) is 201 cm³/mol. The molecule has 0 bridgehead atoms. The second kappa shape index (κ2) is 12.9. The van der Waals surface area contributed by atoms with Gasteiger partial charge in [-0.3, -0.25) is 24.4 Å². The van der Waals surface area contributed by atoms with Gasteiger partial charge in [0.15, 0.2) is 0 Å². The summed E-state index contributed by atoms with van der Waals surface area (Å²) in [5.74, 6) is 6.37. The molecule has 8 rings (SSSR count). The third-order valence-corrected chi connectivity index (χ3v) is 10.2. The van der Waals surface area contributed by atoms with Crippen LogP contribution in [-0.2, 0) is 12.8 Å². The van der Waals surface area contributed by atoms with Crippen LogP contribution >= 0.6 is 0 Å². The number of hydrogen-bond acceptors (Lipinski definition) is 9. The van der Waals surface area contributed by atoms with Gasteiger partial charge in [0.25, 0.3) is 11.1 Å². The monoisotopic (exact) mass is 686 g/mol. The van der Waals surface area contributed by atoms with Crippen molar-refractivity contribution in [2.24, 2.45) is 0 Å². The number of aromatic nitrogens is 6. The van der Waals surface area contributed by atoms with Crippen LogP contribution in [0.3, 0.4) is 0 Å². The average molecular weight is 687 g/mol. The van der Waals surface area contributed by atoms with E-state index >= 15 is 0 Å². The molecule has 0 fully saturated rings. The first-order chi connectivity index (χ1) is 25.2. The highest BCUT2D eigenvalue weighted by Crippen LogP contribution is 2.41. The number of ketones is 1. The molecule has 11 nitrogen and oxygen atoms in total. The summed E-state index contributed by atoms with van der Waals surface area (Å²) in [6.07, 6.45) is 18.2. The molecule has 4 heterocycles. The van der Waals surface area contributed by atoms with Crippen LogP contribution in [0.2, 0.25) is 0 Å². The van der Waals surface area contributed by atoms with Crippen molar-refractivity contribution in [1.82, 2.24) is 29.9 Å². The van der Waals surface area contributed by atoms with Gasteiger partial charge < -0.3 is 19.8 Å². The van der Waals surface area contributed by atoms with Crippen LogP contribution in [0.25, 0.3) is 21.8 Å². The van der Waals surface area contributed by atoms with Crippen molar-refractivity contribution >= 4 is 39.0 Å². The first-order valence-corrected chi connectivity index (χ1v) is 17.2. The number of carbonyl (C=O) groups excluding carboxylic acids is 1. The van der Waals surface area contributed by atoms with Crippen molar-refractivity contribution in [1.29, 1.82) is 0 Å². The third-order valence-electron chi connectivity index (χ3n) is 10.2. The van der Waals surface area contributed by atoms with Crippen molar-refractivity contribution in [3.63, 3.8) is 0 Å². The molecule has 256 valence electrons. The maximum Gasteiger partial charge on any atom is 0.258 e. The second-order valence-electron chi connectivity index (χ2n) is 13.3. The van der Waals surface area contributed by atoms with Gasteiger partial charge in [0.05, 0.1) is 70.7 Å². The van der Waals surface area contributed by atoms with Crippen molar-refractivity contribution in [2.75, 3.05) is 22.9 Å². The van der Waals surface area contributed by atoms with Crippen LogP contribution in [0, 0.1) is 38.5 Å². The molecule has 52 heavy (non-hydrogen) atoms. The van der Waals surface area contributed by atoms with Crippen LogP contribution in [0.1, 0.15) is 75.0 Å². The highest BCUT2D eigenvalue weighted by Gasteiger charge is 2.31. The van der Waals surface area contributed by atoms with Gasteiger partial charge in [0, 0.05) is 0 Å². The maximum absolute atomic E-state index is 13.6. The maximum atomic E-state index is 13.6. The number of carbonyl (C=O) groups is 1. The summed E-state index contributed by atoms with van der Waals surface area (Å²) in [5, 5.41) is 1.09. The normalized spacial score (nSPS) is 15.9. The van der Waals surface area contributed by atoms with Gasteiger partial charge in [-0.15, -0.1) is 12.8 Å². The Kier molecular flexibility index (Phi) is 8.12. The van der Waals surface area contributed by atoms with E-state index in [-0.39, 0.29) is 40.4 Å². The van der Waals surface area contributed by atoms with Crippen molar-refractivity contribution in [3.05, 3.63) is 127 Å². The molecular formula is C41H34N8O3. The Morgan fingerprint density at radius 1 is 0.731 bits per heavy atom. The van der Waals surface area contributed by atoms with E-state index in [1.54, 1.807) is 38.4 Å². The Labute approximate surface area is 299 Å². The molecule has 0 saturated carbocycles. The number of aromatic amines is 2. The molecule has 2 aliphatic carbocycles. The van der Waals surface area contributed by atoms with Crippen LogP contribution in [0.15, 0.2) is 70.5 Å². The first kappa shape index (κ1) is 32.6. The fourth-order valence-electron chi connectivity index (χ4n) is 7.79. The molecule has 11 heteroatoms. The summed E-state index contributed by atoms with van der Waals surface area (Å²) in [7, 11) is 0. The highest BCUT2D eigenvalue weighted by atomic mass is 16.1. The summed E-state index contributed by atoms with van der Waals surface area (Å²) < 4.78 is 0. The van der Waals surface area contributed by atoms with Gasteiger partial charge in [-0.2, -0.15) is 0 Å². The number of pyridine rings is 2. The number of anilines is 2. The zero-order chi connectivity index (χ0) is 36.1. The van der Waals surface area contributed by atoms with Crippen molar-refractivity contribution < 1.29 is 4.79 Å². The molecule has 0 aliphatic heterocycles. The van der Waals surface area contributed by atoms with E-state index in [9.17, 15) is 14.4 Å². The first-order valence-electron chi connectivity index (χ1n) is 17.2. The van der Waals surface area contributed by atoms with E-state index in [2.05, 4.69) is 51.5 Å². The molecule has 2 aliphatic rings. The minimum atomic E-state index is -0.315. The predicted octanol–water partition coefficient (Wildman–Crippen LogP) is 5.05. The highest BCUT2D eigenvalue weighted by molar-refractivity contribution is 6.06. The zero-order valence-electron chi connectivity index (χ0n) is 28.7. The molecular weight excluding hydrogens is 653 g/mol. The van der Waals surface area contributed by atoms with Crippen LogP contribution in [-0.4, -0.2) is 48.8 Å². The Balaban J connectivity index is 1.03. The molecule has 6 aromatic rings. The smallest absolute Gasteiger partial charge is 0.258 e. The van der Waals surface area contributed by atoms with Gasteiger partial charge in [0.1, 0.15) is 23.0 Å². The average Bonchev–Trinajstić information content (AvgIpc) is 3.74. The minimum Gasteiger partial charge on any atom is -0.352 e. The van der Waals surface area contributed by atoms with Crippen LogP contribution < -0.4 is 20.9 Å². The Bertz CT molecular complexity index is 2430. The van der Waals surface area contributed by atoms with E-state index in [1.807, 2.05) is 36.4 Å². The SMILES string of the molecule is C#CCN(c1ccc(C(=O)c2ccc(N(CC#C)C3CCc4cc5nc(C)[nH]c(=O)c5cc43)cn2)nc1)C1CCc2cc3nc(C)[nH]c(=O)c3cc21. The van der Waals surface area contributed by atoms with E-state index in [1.165, 1.54) is 0 Å². The number of hydrogen-bond donors (Lipinski definition) is 2. The quantitative estimate of drug-likeness (QED) is 0.166. The van der Waals surface area contributed by atoms with E-state index in [0.717, 1.165) is 59.3 Å². The molecule has 0 saturated heterocycles. The molecule has 2 aromatic carbocycles. The van der Waals surface area contributed by atoms with Gasteiger partial charge in [-0.1, -0.05) is 11.8 Å². The lowest BCUT2D eigenvalue weighted by molar-refractivity contribution is 0.103. The van der Waals surface area contributed by atoms with Gasteiger partial charge in [-0.05, 0) is 110 Å². The number of nitrogens with zero attached hydrogens (tertiary/aromatic N) is 6. The molecule has 0 radical (unpaired) electrons. The minimum absolute atomic E-state index is 0.0632. The van der Waals surface area contributed by atoms with Crippen LogP contribution in [0.5, 0.6) is 0 Å². The molecule has 2 atom stereocenters. The number of fused-ring (bicyclic) bond motifs is 4. The van der Waals surface area contributed by atoms with E-state index < -0.39 is 0 Å². The summed E-state index contributed by atoms with van der Waals surface area (Å²) >= 11 is 0. The van der Waals surface area contributed by atoms with Gasteiger partial charge in [0.2, 0.25) is 5.78 Å². The standard InChI is InChI=1S/C41H34N8O3/c1-5-15-48(37-13-7-25-17-35-31(19-29(25)37)40(51)46-23(3)44-35)27-9-11-33(42-21-27)39(50)34-12-10-28(22-43-34)49(16-6-2)38-14-8-26-18-36-32(20-30(26)38)41(52)47-24(4)45-36/h1-2,9-12,17-22,37-38H,7-8,13-16H2,3-4H3,(H,44,46,51)(H,45,47,52). The summed E-state index contributed by atoms with van der Waals surface area (Å²) in [6, 6.07) is 14.8. The van der Waals surface area contributed by atoms with Gasteiger partial charge >= 0.3 is 0 Å². The number of benzene rings is 2. The summed E-state index contributed by atoms with van der Waals surface area (Å²) in [4.78, 5) is 66.9. The molecule has 0 spiro atoms. The Morgan fingerprint density at radius 2 is 1.17 bits per heavy atom. The lowest BCUT2D eigenvalue weighted by Gasteiger charge is -2.30. The largest absolute Gasteiger partial charge is 0.352 e. The van der Waals surface area contributed by atoms with E-state index in [0.29, 0.717) is 46.5 Å². The molecule has 4 aromatic heterocycles. The van der Waals surface area contributed by atoms with Crippen LogP contribution in [0.4, 0.5) is 11.4 Å². The van der Waals surface area contributed by atoms with Crippen molar-refractivity contribution in [2.45, 2.75) is 51.6 Å². The van der Waals surface area contributed by atoms with E-state index in [4.69, 9.17) is 12.8 Å². The zero-order valence-corrected chi connectivity index (χ0v) is 28.7. The summed E-state index contributed by atoms with van der Waals surface area (Å²) in [5.41, 5.74) is 7.43. The van der Waals surface area contributed by atoms with Crippen molar-refractivity contribution in [3.8, 4) is 24.7 Å². The topological polar surface area (TPSA) is 141 Å². The molecule has 2 unspecified atom stereocenters. The second-order valence-corrected chi connectivity index (χ2v) is 13.3. The number of rotatable bonds is 8. The molecule has 2 N–H and O–H groups in total. The number of terminal acetylenes is 2. The fourth-order valence-corrected chi connectivity index (χ4v) is 7.79. The lowest BCUT2D eigenvalue weighted by atomic mass is 10.0. The Morgan fingerprint density at radius 3 is 1.56 bits per heavy atom. The number of H-pyrrole nitrogens is 2. The lowest BCUT2D eigenvalue weighted by Crippen LogP contribution is -2.28. The fraction of sp³-hybridized carbons (Fsp3) is 0.244. The van der Waals surface area contributed by atoms with Gasteiger partial charge in [-0.25, -0.2) is 9.97 Å². The summed E-state index contributed by atoms with van der Waals surface area (Å²) in [6.45, 7) is 4.20. The molecule has 0 amide bonds. The number of aryl methyl sites for hydroxylation is 4. The Hall–Kier alpha value is -6.59. The number of nitrogens with one attached hydrogen (secondary N) is 2.